The van der Waals surface area contributed by atoms with E-state index < -0.39 is 12.1 Å². The smallest absolute Gasteiger partial charge is 0.332 e. The topological polar surface area (TPSA) is 60.9 Å². The summed E-state index contributed by atoms with van der Waals surface area (Å²) in [6.45, 7) is 12.9. The molecule has 0 bridgehead atoms. The number of nitrogens with zero attached hydrogens (tertiary/aromatic N) is 3. The maximum absolute atomic E-state index is 12.9. The van der Waals surface area contributed by atoms with Crippen LogP contribution in [0.3, 0.4) is 0 Å². The zero-order chi connectivity index (χ0) is 20.3. The molecule has 1 unspecified atom stereocenters. The summed E-state index contributed by atoms with van der Waals surface area (Å²) >= 11 is 0. The lowest BCUT2D eigenvalue weighted by Crippen LogP contribution is -2.45. The van der Waals surface area contributed by atoms with Crippen molar-refractivity contribution >= 4 is 23.5 Å². The molecule has 1 atom stereocenters. The van der Waals surface area contributed by atoms with E-state index in [2.05, 4.69) is 0 Å². The number of aryl methyl sites for hydroxylation is 1. The van der Waals surface area contributed by atoms with Crippen LogP contribution in [0.4, 0.5) is 10.5 Å². The molecule has 1 saturated heterocycles. The molecule has 1 heterocycles. The Morgan fingerprint density at radius 1 is 1.04 bits per heavy atom. The number of rotatable bonds is 7. The molecule has 27 heavy (non-hydrogen) atoms. The number of urea groups is 1. The Hall–Kier alpha value is -2.37. The average Bonchev–Trinajstić information content (AvgIpc) is 2.78. The first-order valence-corrected chi connectivity index (χ1v) is 9.60. The molecule has 0 spiro atoms. The Morgan fingerprint density at radius 2 is 1.56 bits per heavy atom. The number of carbonyl (C=O) groups excluding carboxylic acids is 3. The highest BCUT2D eigenvalue weighted by atomic mass is 16.2. The lowest BCUT2D eigenvalue weighted by Gasteiger charge is -2.28. The van der Waals surface area contributed by atoms with Crippen LogP contribution in [0.5, 0.6) is 0 Å². The fraction of sp³-hybridized carbons (Fsp3) is 0.571. The third-order valence-electron chi connectivity index (χ3n) is 4.58. The predicted molar refractivity (Wildman–Crippen MR) is 106 cm³/mol. The molecule has 1 aliphatic rings. The Kier molecular flexibility index (Phi) is 6.63. The van der Waals surface area contributed by atoms with Crippen molar-refractivity contribution in [3.8, 4) is 0 Å². The first-order valence-electron chi connectivity index (χ1n) is 9.60. The molecule has 0 saturated carbocycles. The molecule has 1 fully saturated rings. The summed E-state index contributed by atoms with van der Waals surface area (Å²) in [6.07, 6.45) is 0. The normalized spacial score (nSPS) is 17.4. The number of imide groups is 1. The highest BCUT2D eigenvalue weighted by Crippen LogP contribution is 2.26. The van der Waals surface area contributed by atoms with E-state index in [1.54, 1.807) is 11.8 Å². The fourth-order valence-corrected chi connectivity index (χ4v) is 3.31. The van der Waals surface area contributed by atoms with Crippen LogP contribution >= 0.6 is 0 Å². The largest absolute Gasteiger partial charge is 0.341 e. The maximum Gasteiger partial charge on any atom is 0.332 e. The van der Waals surface area contributed by atoms with Crippen LogP contribution in [0, 0.1) is 18.8 Å². The quantitative estimate of drug-likeness (QED) is 0.689. The van der Waals surface area contributed by atoms with Gasteiger partial charge in [0.25, 0.3) is 5.91 Å². The van der Waals surface area contributed by atoms with Gasteiger partial charge in [0.2, 0.25) is 5.91 Å². The van der Waals surface area contributed by atoms with Crippen LogP contribution in [0.15, 0.2) is 24.3 Å². The fourth-order valence-electron chi connectivity index (χ4n) is 3.31. The van der Waals surface area contributed by atoms with Crippen molar-refractivity contribution in [3.63, 3.8) is 0 Å². The monoisotopic (exact) mass is 373 g/mol. The number of benzene rings is 1. The summed E-state index contributed by atoms with van der Waals surface area (Å²) in [5.41, 5.74) is 1.75. The van der Waals surface area contributed by atoms with Crippen LogP contribution in [0.25, 0.3) is 0 Å². The van der Waals surface area contributed by atoms with Crippen LogP contribution in [-0.2, 0) is 9.59 Å². The van der Waals surface area contributed by atoms with Gasteiger partial charge in [-0.3, -0.25) is 19.4 Å². The van der Waals surface area contributed by atoms with Crippen LogP contribution in [0.2, 0.25) is 0 Å². The van der Waals surface area contributed by atoms with E-state index in [1.165, 1.54) is 4.90 Å². The van der Waals surface area contributed by atoms with Gasteiger partial charge in [-0.1, -0.05) is 45.4 Å². The van der Waals surface area contributed by atoms with Crippen LogP contribution < -0.4 is 4.90 Å². The van der Waals surface area contributed by atoms with E-state index >= 15 is 0 Å². The molecule has 1 aromatic rings. The molecule has 4 amide bonds. The van der Waals surface area contributed by atoms with Gasteiger partial charge in [-0.15, -0.1) is 0 Å². The lowest BCUT2D eigenvalue weighted by molar-refractivity contribution is -0.137. The van der Waals surface area contributed by atoms with E-state index in [0.29, 0.717) is 30.6 Å². The Labute approximate surface area is 162 Å². The Balaban J connectivity index is 2.17. The van der Waals surface area contributed by atoms with E-state index in [1.807, 2.05) is 58.9 Å². The average molecular weight is 373 g/mol. The molecule has 0 aliphatic carbocycles. The third kappa shape index (κ3) is 4.87. The molecule has 6 nitrogen and oxygen atoms in total. The van der Waals surface area contributed by atoms with Crippen molar-refractivity contribution < 1.29 is 14.4 Å². The minimum atomic E-state index is -0.614. The van der Waals surface area contributed by atoms with E-state index in [9.17, 15) is 14.4 Å². The number of anilines is 1. The highest BCUT2D eigenvalue weighted by molar-refractivity contribution is 6.15. The first kappa shape index (κ1) is 20.9. The van der Waals surface area contributed by atoms with Gasteiger partial charge in [-0.2, -0.15) is 0 Å². The van der Waals surface area contributed by atoms with Gasteiger partial charge in [0.05, 0.1) is 0 Å². The Morgan fingerprint density at radius 3 is 2.04 bits per heavy atom. The number of carbonyl (C=O) groups is 3. The van der Waals surface area contributed by atoms with Gasteiger partial charge in [-0.05, 0) is 37.8 Å². The van der Waals surface area contributed by atoms with Crippen molar-refractivity contribution in [3.05, 3.63) is 29.8 Å². The second-order valence-electron chi connectivity index (χ2n) is 8.17. The molecule has 1 aromatic carbocycles. The van der Waals surface area contributed by atoms with Crippen molar-refractivity contribution in [1.82, 2.24) is 9.80 Å². The van der Waals surface area contributed by atoms with Gasteiger partial charge in [0.15, 0.2) is 0 Å². The van der Waals surface area contributed by atoms with Crippen LogP contribution in [0.1, 0.15) is 40.2 Å². The summed E-state index contributed by atoms with van der Waals surface area (Å²) in [7, 11) is 0. The van der Waals surface area contributed by atoms with Crippen molar-refractivity contribution in [2.75, 3.05) is 24.5 Å². The van der Waals surface area contributed by atoms with Gasteiger partial charge in [-0.25, -0.2) is 4.79 Å². The summed E-state index contributed by atoms with van der Waals surface area (Å²) in [5, 5.41) is 0. The van der Waals surface area contributed by atoms with E-state index in [0.717, 1.165) is 10.5 Å². The van der Waals surface area contributed by atoms with E-state index in [-0.39, 0.29) is 18.4 Å². The zero-order valence-corrected chi connectivity index (χ0v) is 17.2. The van der Waals surface area contributed by atoms with E-state index in [4.69, 9.17) is 0 Å². The second-order valence-corrected chi connectivity index (χ2v) is 8.17. The van der Waals surface area contributed by atoms with Gasteiger partial charge in [0, 0.05) is 18.8 Å². The summed E-state index contributed by atoms with van der Waals surface area (Å²) in [6, 6.07) is 6.41. The molecule has 1 aliphatic heterocycles. The van der Waals surface area contributed by atoms with Crippen molar-refractivity contribution in [1.29, 1.82) is 0 Å². The Bertz CT molecular complexity index is 687. The summed E-state index contributed by atoms with van der Waals surface area (Å²) in [4.78, 5) is 42.7. The molecule has 0 aromatic heterocycles. The molecule has 148 valence electrons. The summed E-state index contributed by atoms with van der Waals surface area (Å²) in [5.74, 6) is 0.126. The molecule has 2 rings (SSSR count). The van der Waals surface area contributed by atoms with Gasteiger partial charge < -0.3 is 4.90 Å². The lowest BCUT2D eigenvalue weighted by atomic mass is 10.1. The molecule has 6 heteroatoms. The molecular formula is C21H31N3O3. The molecule has 0 N–H and O–H groups in total. The first-order chi connectivity index (χ1) is 12.6. The van der Waals surface area contributed by atoms with Gasteiger partial charge in [0.1, 0.15) is 12.6 Å². The maximum atomic E-state index is 12.9. The standard InChI is InChI=1S/C21H31N3O3/c1-14(2)11-22(12-15(3)4)19(25)13-23-20(26)17(6)24(21(23)27)18-9-7-16(5)8-10-18/h7-10,14-15,17H,11-13H2,1-6H3. The van der Waals surface area contributed by atoms with Crippen molar-refractivity contribution in [2.45, 2.75) is 47.6 Å². The summed E-state index contributed by atoms with van der Waals surface area (Å²) < 4.78 is 0. The zero-order valence-electron chi connectivity index (χ0n) is 17.2. The number of hydrogen-bond acceptors (Lipinski definition) is 3. The SMILES string of the molecule is Cc1ccc(N2C(=O)N(CC(=O)N(CC(C)C)CC(C)C)C(=O)C2C)cc1. The number of hydrogen-bond donors (Lipinski definition) is 0. The minimum absolute atomic E-state index is 0.183. The highest BCUT2D eigenvalue weighted by Gasteiger charge is 2.44. The number of amides is 4. The molecular weight excluding hydrogens is 342 g/mol. The minimum Gasteiger partial charge on any atom is -0.341 e. The van der Waals surface area contributed by atoms with Crippen molar-refractivity contribution in [2.24, 2.45) is 11.8 Å². The van der Waals surface area contributed by atoms with Crippen LogP contribution in [-0.4, -0.2) is 53.3 Å². The molecule has 0 radical (unpaired) electrons. The predicted octanol–water partition coefficient (Wildman–Crippen LogP) is 3.29. The third-order valence-corrected chi connectivity index (χ3v) is 4.58. The second kappa shape index (κ2) is 8.55. The van der Waals surface area contributed by atoms with Gasteiger partial charge >= 0.3 is 6.03 Å².